The smallest absolute Gasteiger partial charge is 0.339 e. The maximum absolute atomic E-state index is 12.5. The first-order valence-electron chi connectivity index (χ1n) is 10.6. The summed E-state index contributed by atoms with van der Waals surface area (Å²) in [5.41, 5.74) is 1.84. The molecule has 1 amide bonds. The minimum atomic E-state index is -3.61. The van der Waals surface area contributed by atoms with Crippen LogP contribution in [0.3, 0.4) is 0 Å². The highest BCUT2D eigenvalue weighted by atomic mass is 32.2. The van der Waals surface area contributed by atoms with Crippen LogP contribution in [0.25, 0.3) is 11.0 Å². The highest BCUT2D eigenvalue weighted by molar-refractivity contribution is 7.89. The quantitative estimate of drug-likeness (QED) is 0.463. The topological polar surface area (TPSA) is 115 Å². The number of hydrogen-bond donors (Lipinski definition) is 2. The number of carbonyl (C=O) groups is 1. The van der Waals surface area contributed by atoms with Crippen molar-refractivity contribution >= 4 is 26.9 Å². The molecule has 3 aromatic rings. The molecule has 0 atom stereocenters. The number of fused-ring (bicyclic) bond motifs is 1. The van der Waals surface area contributed by atoms with Crippen LogP contribution < -0.4 is 20.4 Å². The molecule has 2 aromatic carbocycles. The van der Waals surface area contributed by atoms with Crippen molar-refractivity contribution in [1.29, 1.82) is 0 Å². The largest absolute Gasteiger partial charge is 0.497 e. The molecule has 0 saturated heterocycles. The molecule has 0 aliphatic heterocycles. The second-order valence-corrected chi connectivity index (χ2v) is 9.77. The van der Waals surface area contributed by atoms with E-state index in [2.05, 4.69) is 10.0 Å². The van der Waals surface area contributed by atoms with E-state index in [-0.39, 0.29) is 36.2 Å². The lowest BCUT2D eigenvalue weighted by Crippen LogP contribution is -2.30. The Morgan fingerprint density at radius 1 is 1.15 bits per heavy atom. The Kier molecular flexibility index (Phi) is 7.55. The van der Waals surface area contributed by atoms with Gasteiger partial charge in [0.2, 0.25) is 15.9 Å². The number of methoxy groups -OCH3 is 1. The van der Waals surface area contributed by atoms with Crippen LogP contribution in [0.2, 0.25) is 0 Å². The monoisotopic (exact) mass is 472 g/mol. The van der Waals surface area contributed by atoms with Gasteiger partial charge in [-0.3, -0.25) is 4.79 Å². The molecule has 0 aliphatic carbocycles. The summed E-state index contributed by atoms with van der Waals surface area (Å²) in [5.74, 6) is 0.339. The van der Waals surface area contributed by atoms with E-state index in [4.69, 9.17) is 9.15 Å². The van der Waals surface area contributed by atoms with Gasteiger partial charge in [0.15, 0.2) is 0 Å². The Labute approximate surface area is 193 Å². The van der Waals surface area contributed by atoms with Crippen LogP contribution in [0, 0.1) is 6.92 Å². The average Bonchev–Trinajstić information content (AvgIpc) is 2.76. The molecule has 176 valence electrons. The third-order valence-corrected chi connectivity index (χ3v) is 6.84. The zero-order valence-corrected chi connectivity index (χ0v) is 19.9. The number of nitrogens with one attached hydrogen (secondary N) is 2. The van der Waals surface area contributed by atoms with Crippen LogP contribution >= 0.6 is 0 Å². The van der Waals surface area contributed by atoms with Crippen LogP contribution in [-0.4, -0.2) is 27.5 Å². The molecular weight excluding hydrogens is 444 g/mol. The zero-order chi connectivity index (χ0) is 24.2. The normalized spacial score (nSPS) is 11.7. The summed E-state index contributed by atoms with van der Waals surface area (Å²) in [4.78, 5) is 25.0. The molecule has 0 bridgehead atoms. The van der Waals surface area contributed by atoms with Crippen molar-refractivity contribution in [2.45, 2.75) is 51.1 Å². The van der Waals surface area contributed by atoms with Crippen LogP contribution in [0.15, 0.2) is 56.6 Å². The summed E-state index contributed by atoms with van der Waals surface area (Å²) < 4.78 is 37.8. The Balaban J connectivity index is 1.65. The van der Waals surface area contributed by atoms with Gasteiger partial charge in [0, 0.05) is 36.0 Å². The summed E-state index contributed by atoms with van der Waals surface area (Å²) in [6, 6.07) is 11.5. The second-order valence-electron chi connectivity index (χ2n) is 8.06. The molecule has 0 unspecified atom stereocenters. The zero-order valence-electron chi connectivity index (χ0n) is 19.1. The van der Waals surface area contributed by atoms with Crippen molar-refractivity contribution in [3.8, 4) is 5.75 Å². The molecular formula is C24H28N2O6S. The van der Waals surface area contributed by atoms with E-state index in [9.17, 15) is 18.0 Å². The summed E-state index contributed by atoms with van der Waals surface area (Å²) in [7, 11) is -2.08. The maximum Gasteiger partial charge on any atom is 0.339 e. The van der Waals surface area contributed by atoms with Gasteiger partial charge in [0.05, 0.1) is 12.0 Å². The summed E-state index contributed by atoms with van der Waals surface area (Å²) in [6.07, 6.45) is 0.328. The molecule has 1 heterocycles. The Bertz CT molecular complexity index is 1330. The lowest BCUT2D eigenvalue weighted by molar-refractivity contribution is -0.121. The van der Waals surface area contributed by atoms with E-state index >= 15 is 0 Å². The molecule has 2 N–H and O–H groups in total. The van der Waals surface area contributed by atoms with Gasteiger partial charge in [-0.2, -0.15) is 0 Å². The number of rotatable bonds is 9. The van der Waals surface area contributed by atoms with E-state index in [1.54, 1.807) is 38.1 Å². The molecule has 8 nitrogen and oxygen atoms in total. The Morgan fingerprint density at radius 2 is 1.91 bits per heavy atom. The van der Waals surface area contributed by atoms with Gasteiger partial charge in [0.25, 0.3) is 0 Å². The maximum atomic E-state index is 12.5. The van der Waals surface area contributed by atoms with Gasteiger partial charge in [-0.05, 0) is 62.6 Å². The number of benzene rings is 2. The second kappa shape index (κ2) is 10.2. The van der Waals surface area contributed by atoms with E-state index in [0.29, 0.717) is 22.5 Å². The number of aryl methyl sites for hydroxylation is 1. The Morgan fingerprint density at radius 3 is 2.61 bits per heavy atom. The molecule has 0 saturated carbocycles. The third kappa shape index (κ3) is 6.00. The van der Waals surface area contributed by atoms with Crippen LogP contribution in [0.4, 0.5) is 0 Å². The van der Waals surface area contributed by atoms with Gasteiger partial charge in [-0.15, -0.1) is 0 Å². The molecule has 33 heavy (non-hydrogen) atoms. The highest BCUT2D eigenvalue weighted by Gasteiger charge is 2.16. The van der Waals surface area contributed by atoms with Crippen molar-refractivity contribution in [2.75, 3.05) is 7.11 Å². The van der Waals surface area contributed by atoms with Crippen molar-refractivity contribution in [1.82, 2.24) is 10.0 Å². The van der Waals surface area contributed by atoms with Gasteiger partial charge in [-0.25, -0.2) is 17.9 Å². The minimum absolute atomic E-state index is 0.0974. The SMILES string of the molecule is COc1ccc2c(C)c(CCC(=O)NCc3cccc(S(=O)(=O)NC(C)C)c3)c(=O)oc2c1. The predicted molar refractivity (Wildman–Crippen MR) is 126 cm³/mol. The van der Waals surface area contributed by atoms with Crippen molar-refractivity contribution in [3.05, 3.63) is 69.6 Å². The van der Waals surface area contributed by atoms with Crippen LogP contribution in [-0.2, 0) is 27.8 Å². The standard InChI is InChI=1S/C24H28N2O6S/c1-15(2)26-33(29,30)19-7-5-6-17(12-19)14-25-23(27)11-10-21-16(3)20-9-8-18(31-4)13-22(20)32-24(21)28/h5-9,12-13,15,26H,10-11,14H2,1-4H3,(H,25,27). The van der Waals surface area contributed by atoms with E-state index < -0.39 is 15.6 Å². The van der Waals surface area contributed by atoms with Gasteiger partial charge >= 0.3 is 5.63 Å². The predicted octanol–water partition coefficient (Wildman–Crippen LogP) is 3.05. The minimum Gasteiger partial charge on any atom is -0.497 e. The van der Waals surface area contributed by atoms with Gasteiger partial charge in [0.1, 0.15) is 11.3 Å². The van der Waals surface area contributed by atoms with Crippen LogP contribution in [0.5, 0.6) is 5.75 Å². The molecule has 0 fully saturated rings. The van der Waals surface area contributed by atoms with Gasteiger partial charge in [-0.1, -0.05) is 12.1 Å². The molecule has 0 aliphatic rings. The molecule has 0 spiro atoms. The number of carbonyl (C=O) groups excluding carboxylic acids is 1. The summed E-state index contributed by atoms with van der Waals surface area (Å²) in [5, 5.41) is 3.57. The summed E-state index contributed by atoms with van der Waals surface area (Å²) in [6.45, 7) is 5.50. The molecule has 3 rings (SSSR count). The van der Waals surface area contributed by atoms with Crippen molar-refractivity contribution in [2.24, 2.45) is 0 Å². The molecule has 0 radical (unpaired) electrons. The van der Waals surface area contributed by atoms with E-state index in [1.807, 2.05) is 13.0 Å². The first kappa shape index (κ1) is 24.5. The number of hydrogen-bond acceptors (Lipinski definition) is 6. The highest BCUT2D eigenvalue weighted by Crippen LogP contribution is 2.24. The fraction of sp³-hybridized carbons (Fsp3) is 0.333. The third-order valence-electron chi connectivity index (χ3n) is 5.19. The Hall–Kier alpha value is -3.17. The van der Waals surface area contributed by atoms with E-state index in [0.717, 1.165) is 10.9 Å². The fourth-order valence-electron chi connectivity index (χ4n) is 3.52. The lowest BCUT2D eigenvalue weighted by Gasteiger charge is -2.11. The van der Waals surface area contributed by atoms with Gasteiger partial charge < -0.3 is 14.5 Å². The van der Waals surface area contributed by atoms with E-state index in [1.165, 1.54) is 19.2 Å². The van der Waals surface area contributed by atoms with Crippen LogP contribution in [0.1, 0.15) is 37.0 Å². The molecule has 9 heteroatoms. The number of sulfonamides is 1. The van der Waals surface area contributed by atoms with Crippen molar-refractivity contribution < 1.29 is 22.4 Å². The van der Waals surface area contributed by atoms with Crippen molar-refractivity contribution in [3.63, 3.8) is 0 Å². The fourth-order valence-corrected chi connectivity index (χ4v) is 4.84. The molecule has 1 aromatic heterocycles. The summed E-state index contributed by atoms with van der Waals surface area (Å²) >= 11 is 0. The number of amides is 1. The first-order valence-corrected chi connectivity index (χ1v) is 12.1. The first-order chi connectivity index (χ1) is 15.6. The average molecular weight is 473 g/mol. The number of ether oxygens (including phenoxy) is 1. The lowest BCUT2D eigenvalue weighted by atomic mass is 10.0.